The first-order valence-corrected chi connectivity index (χ1v) is 9.88. The summed E-state index contributed by atoms with van der Waals surface area (Å²) >= 11 is 1.05. The van der Waals surface area contributed by atoms with Crippen LogP contribution in [0.1, 0.15) is 37.0 Å². The van der Waals surface area contributed by atoms with Crippen molar-refractivity contribution in [2.75, 3.05) is 6.54 Å². The van der Waals surface area contributed by atoms with E-state index in [0.717, 1.165) is 23.7 Å². The van der Waals surface area contributed by atoms with Gasteiger partial charge in [0.25, 0.3) is 9.05 Å². The van der Waals surface area contributed by atoms with Gasteiger partial charge >= 0.3 is 0 Å². The Hall–Kier alpha value is -0.590. The molecule has 1 amide bonds. The van der Waals surface area contributed by atoms with Crippen molar-refractivity contribution in [2.24, 2.45) is 5.92 Å². The second-order valence-corrected chi connectivity index (χ2v) is 9.09. The molecule has 0 aliphatic heterocycles. The minimum Gasteiger partial charge on any atom is -0.356 e. The highest BCUT2D eigenvalue weighted by Gasteiger charge is 2.16. The minimum atomic E-state index is -3.69. The van der Waals surface area contributed by atoms with Gasteiger partial charge in [0.05, 0.1) is 6.42 Å². The molecule has 0 atom stereocenters. The van der Waals surface area contributed by atoms with Gasteiger partial charge in [0.2, 0.25) is 5.91 Å². The Balaban J connectivity index is 1.75. The smallest absolute Gasteiger partial charge is 0.270 e. The normalized spacial score (nSPS) is 16.4. The zero-order valence-electron chi connectivity index (χ0n) is 11.1. The standard InChI is InChI=1S/C13H18ClNO3S2/c14-20(17,18)13-6-5-11(19-13)9-12(16)15-8-7-10-3-1-2-4-10/h5-6,10H,1-4,7-9H2,(H,15,16). The fourth-order valence-electron chi connectivity index (χ4n) is 2.52. The van der Waals surface area contributed by atoms with E-state index in [1.165, 1.54) is 31.7 Å². The maximum atomic E-state index is 11.8. The lowest BCUT2D eigenvalue weighted by molar-refractivity contribution is -0.120. The van der Waals surface area contributed by atoms with E-state index < -0.39 is 9.05 Å². The Morgan fingerprint density at radius 3 is 2.65 bits per heavy atom. The molecule has 7 heteroatoms. The number of nitrogens with one attached hydrogen (secondary N) is 1. The molecular formula is C13H18ClNO3S2. The molecule has 0 saturated heterocycles. The van der Waals surface area contributed by atoms with Crippen LogP contribution in [-0.2, 0) is 20.3 Å². The lowest BCUT2D eigenvalue weighted by Crippen LogP contribution is -2.26. The molecule has 0 bridgehead atoms. The van der Waals surface area contributed by atoms with Crippen LogP contribution in [0.5, 0.6) is 0 Å². The van der Waals surface area contributed by atoms with Crippen LogP contribution in [0.15, 0.2) is 16.3 Å². The number of carbonyl (C=O) groups excluding carboxylic acids is 1. The quantitative estimate of drug-likeness (QED) is 0.813. The fourth-order valence-corrected chi connectivity index (χ4v) is 4.64. The predicted molar refractivity (Wildman–Crippen MR) is 80.6 cm³/mol. The number of hydrogen-bond acceptors (Lipinski definition) is 4. The molecule has 1 aromatic heterocycles. The minimum absolute atomic E-state index is 0.0663. The summed E-state index contributed by atoms with van der Waals surface area (Å²) in [6, 6.07) is 3.07. The predicted octanol–water partition coefficient (Wildman–Crippen LogP) is 2.91. The summed E-state index contributed by atoms with van der Waals surface area (Å²) in [6.45, 7) is 0.704. The van der Waals surface area contributed by atoms with Crippen molar-refractivity contribution in [2.45, 2.75) is 42.7 Å². The van der Waals surface area contributed by atoms with Crippen molar-refractivity contribution in [1.29, 1.82) is 0 Å². The van der Waals surface area contributed by atoms with Crippen LogP contribution in [0, 0.1) is 5.92 Å². The molecule has 0 radical (unpaired) electrons. The molecule has 0 unspecified atom stereocenters. The number of halogens is 1. The van der Waals surface area contributed by atoms with E-state index in [4.69, 9.17) is 10.7 Å². The third kappa shape index (κ3) is 4.75. The summed E-state index contributed by atoms with van der Waals surface area (Å²) in [5, 5.41) is 2.89. The molecule has 4 nitrogen and oxygen atoms in total. The summed E-state index contributed by atoms with van der Waals surface area (Å²) in [6.07, 6.45) is 6.42. The SMILES string of the molecule is O=C(Cc1ccc(S(=O)(=O)Cl)s1)NCCC1CCCC1. The number of hydrogen-bond donors (Lipinski definition) is 1. The van der Waals surface area contributed by atoms with E-state index in [2.05, 4.69) is 5.32 Å². The van der Waals surface area contributed by atoms with Crippen LogP contribution in [0.4, 0.5) is 0 Å². The summed E-state index contributed by atoms with van der Waals surface area (Å²) in [5.74, 6) is 0.688. The van der Waals surface area contributed by atoms with E-state index in [-0.39, 0.29) is 16.5 Å². The largest absolute Gasteiger partial charge is 0.356 e. The van der Waals surface area contributed by atoms with Crippen LogP contribution in [-0.4, -0.2) is 20.9 Å². The fraction of sp³-hybridized carbons (Fsp3) is 0.615. The summed E-state index contributed by atoms with van der Waals surface area (Å²) < 4.78 is 22.3. The lowest BCUT2D eigenvalue weighted by Gasteiger charge is -2.09. The molecular weight excluding hydrogens is 318 g/mol. The first-order valence-electron chi connectivity index (χ1n) is 6.75. The first-order chi connectivity index (χ1) is 9.45. The summed E-state index contributed by atoms with van der Waals surface area (Å²) in [4.78, 5) is 12.5. The molecule has 1 aliphatic carbocycles. The molecule has 1 aromatic rings. The molecule has 1 heterocycles. The highest BCUT2D eigenvalue weighted by molar-refractivity contribution is 8.15. The van der Waals surface area contributed by atoms with Gasteiger partial charge in [-0.25, -0.2) is 8.42 Å². The Morgan fingerprint density at radius 2 is 2.05 bits per heavy atom. The highest BCUT2D eigenvalue weighted by Crippen LogP contribution is 2.27. The van der Waals surface area contributed by atoms with Crippen molar-refractivity contribution >= 4 is 37.0 Å². The van der Waals surface area contributed by atoms with Crippen molar-refractivity contribution in [3.8, 4) is 0 Å². The van der Waals surface area contributed by atoms with E-state index >= 15 is 0 Å². The van der Waals surface area contributed by atoms with Gasteiger partial charge in [-0.15, -0.1) is 11.3 Å². The third-order valence-electron chi connectivity index (χ3n) is 3.56. The molecule has 1 N–H and O–H groups in total. The van der Waals surface area contributed by atoms with Gasteiger partial charge in [0.1, 0.15) is 4.21 Å². The van der Waals surface area contributed by atoms with E-state index in [1.807, 2.05) is 0 Å². The van der Waals surface area contributed by atoms with Crippen LogP contribution >= 0.6 is 22.0 Å². The van der Waals surface area contributed by atoms with Crippen LogP contribution in [0.2, 0.25) is 0 Å². The zero-order chi connectivity index (χ0) is 14.6. The van der Waals surface area contributed by atoms with Crippen molar-refractivity contribution in [1.82, 2.24) is 5.32 Å². The Bertz CT molecular complexity index is 562. The highest BCUT2D eigenvalue weighted by atomic mass is 35.7. The van der Waals surface area contributed by atoms with Gasteiger partial charge < -0.3 is 5.32 Å². The van der Waals surface area contributed by atoms with Gasteiger partial charge in [-0.1, -0.05) is 25.7 Å². The van der Waals surface area contributed by atoms with Crippen LogP contribution < -0.4 is 5.32 Å². The number of rotatable bonds is 6. The molecule has 1 aliphatic rings. The molecule has 1 saturated carbocycles. The topological polar surface area (TPSA) is 63.2 Å². The van der Waals surface area contributed by atoms with Gasteiger partial charge in [-0.05, 0) is 24.5 Å². The van der Waals surface area contributed by atoms with Gasteiger partial charge in [0.15, 0.2) is 0 Å². The monoisotopic (exact) mass is 335 g/mol. The molecule has 0 spiro atoms. The van der Waals surface area contributed by atoms with E-state index in [1.54, 1.807) is 6.07 Å². The Morgan fingerprint density at radius 1 is 1.35 bits per heavy atom. The van der Waals surface area contributed by atoms with Gasteiger partial charge in [-0.2, -0.15) is 0 Å². The molecule has 2 rings (SSSR count). The van der Waals surface area contributed by atoms with Crippen LogP contribution in [0.3, 0.4) is 0 Å². The van der Waals surface area contributed by atoms with Crippen molar-refractivity contribution in [3.05, 3.63) is 17.0 Å². The second-order valence-electron chi connectivity index (χ2n) is 5.12. The summed E-state index contributed by atoms with van der Waals surface area (Å²) in [7, 11) is 1.56. The third-order valence-corrected chi connectivity index (χ3v) is 6.74. The molecule has 20 heavy (non-hydrogen) atoms. The van der Waals surface area contributed by atoms with Crippen LogP contribution in [0.25, 0.3) is 0 Å². The maximum absolute atomic E-state index is 11.8. The van der Waals surface area contributed by atoms with Gasteiger partial charge in [0, 0.05) is 22.1 Å². The number of amides is 1. The molecule has 0 aromatic carbocycles. The Labute approximate surface area is 127 Å². The number of carbonyl (C=O) groups is 1. The van der Waals surface area contributed by atoms with Crippen molar-refractivity contribution < 1.29 is 13.2 Å². The Kier molecular flexibility index (Phi) is 5.46. The molecule has 112 valence electrons. The maximum Gasteiger partial charge on any atom is 0.270 e. The van der Waals surface area contributed by atoms with Crippen molar-refractivity contribution in [3.63, 3.8) is 0 Å². The lowest BCUT2D eigenvalue weighted by atomic mass is 10.0. The number of thiophene rings is 1. The van der Waals surface area contributed by atoms with Gasteiger partial charge in [-0.3, -0.25) is 4.79 Å². The average molecular weight is 336 g/mol. The summed E-state index contributed by atoms with van der Waals surface area (Å²) in [5.41, 5.74) is 0. The van der Waals surface area contributed by atoms with E-state index in [0.29, 0.717) is 11.4 Å². The zero-order valence-corrected chi connectivity index (χ0v) is 13.5. The first kappa shape index (κ1) is 15.8. The molecule has 1 fully saturated rings. The second kappa shape index (κ2) is 6.91. The average Bonchev–Trinajstić information content (AvgIpc) is 2.98. The van der Waals surface area contributed by atoms with E-state index in [9.17, 15) is 13.2 Å².